The summed E-state index contributed by atoms with van der Waals surface area (Å²) in [6.07, 6.45) is -4.11. The highest BCUT2D eigenvalue weighted by atomic mass is 127. The van der Waals surface area contributed by atoms with Gasteiger partial charge in [0, 0.05) is 42.1 Å². The Morgan fingerprint density at radius 1 is 0.845 bits per heavy atom. The Hall–Kier alpha value is -4.55. The van der Waals surface area contributed by atoms with E-state index in [-0.39, 0.29) is 23.4 Å². The minimum Gasteiger partial charge on any atom is -0.409 e. The Morgan fingerprint density at radius 2 is 1.40 bits per heavy atom. The predicted octanol–water partition coefficient (Wildman–Crippen LogP) is -0.0494. The average Bonchev–Trinajstić information content (AvgIpc) is 3.97. The molecule has 4 aromatic heterocycles. The van der Waals surface area contributed by atoms with Crippen LogP contribution >= 0.6 is 34.2 Å². The third-order valence-electron chi connectivity index (χ3n) is 9.95. The van der Waals surface area contributed by atoms with Crippen molar-refractivity contribution < 1.29 is 49.6 Å². The number of rotatable bonds is 6. The number of carbonyl (C=O) groups is 1. The summed E-state index contributed by atoms with van der Waals surface area (Å²) in [6, 6.07) is 6.84. The number of imidazole rings is 2. The summed E-state index contributed by atoms with van der Waals surface area (Å²) in [5.74, 6) is 7.20. The van der Waals surface area contributed by atoms with Gasteiger partial charge in [-0.25, -0.2) is 34.7 Å². The molecule has 0 bridgehead atoms. The fourth-order valence-electron chi connectivity index (χ4n) is 6.78. The number of carbonyl (C=O) groups excluding carboxylic acids is 1. The lowest BCUT2D eigenvalue weighted by molar-refractivity contribution is -0.0511. The van der Waals surface area contributed by atoms with Gasteiger partial charge in [-0.2, -0.15) is 0 Å². The standard InChI is InChI=1S/C25H27ClN6O6.C10H12IN5O4/c26-15-5-1-2-6-16(15)38-25(36)31-10-8-14(9-11-31)4-3-7-18-29-22(27)19-23(30-18)32(13-28-19)24-21(35)20(34)17(12-33)37-24;11-10-14-7(12)4-8(15-10)16(2-13-4)9-6(19)5(18)3(1-17)20-9/h1-2,5-6,13-14,17,20-21,24,33-35H,4,8-12H2,(H2,27,29,30);2-3,5-6,9,17-19H,1H2,(H2,12,14,15)/t17-,20?,21+,24-;3-,5?,6+,9-/m11/s1. The van der Waals surface area contributed by atoms with Gasteiger partial charge >= 0.3 is 6.09 Å². The number of anilines is 2. The molecular weight excluding hydrogens is 897 g/mol. The highest BCUT2D eigenvalue weighted by Gasteiger charge is 2.45. The molecule has 8 atom stereocenters. The zero-order valence-electron chi connectivity index (χ0n) is 30.4. The van der Waals surface area contributed by atoms with Crippen LogP contribution in [0.5, 0.6) is 5.75 Å². The summed E-state index contributed by atoms with van der Waals surface area (Å²) in [7, 11) is 0. The van der Waals surface area contributed by atoms with Gasteiger partial charge < -0.3 is 61.2 Å². The first kappa shape index (κ1) is 41.6. The predicted molar refractivity (Wildman–Crippen MR) is 211 cm³/mol. The van der Waals surface area contributed by atoms with E-state index in [9.17, 15) is 30.3 Å². The van der Waals surface area contributed by atoms with Crippen molar-refractivity contribution in [2.45, 2.75) is 68.3 Å². The summed E-state index contributed by atoms with van der Waals surface area (Å²) >= 11 is 7.98. The fourth-order valence-corrected chi connectivity index (χ4v) is 7.44. The highest BCUT2D eigenvalue weighted by Crippen LogP contribution is 2.34. The molecular formula is C35H39ClIN11O10. The van der Waals surface area contributed by atoms with Crippen LogP contribution in [0.15, 0.2) is 36.9 Å². The van der Waals surface area contributed by atoms with Crippen LogP contribution in [0.3, 0.4) is 0 Å². The van der Waals surface area contributed by atoms with Crippen molar-refractivity contribution in [3.8, 4) is 17.6 Å². The lowest BCUT2D eigenvalue weighted by Crippen LogP contribution is -2.40. The molecule has 7 heterocycles. The zero-order valence-corrected chi connectivity index (χ0v) is 33.3. The van der Waals surface area contributed by atoms with E-state index in [0.29, 0.717) is 56.4 Å². The van der Waals surface area contributed by atoms with Gasteiger partial charge in [0.2, 0.25) is 5.82 Å². The number of nitrogen functional groups attached to an aromatic ring is 2. The number of halogens is 2. The van der Waals surface area contributed by atoms with Crippen LogP contribution < -0.4 is 16.2 Å². The molecule has 0 saturated carbocycles. The minimum atomic E-state index is -1.29. The van der Waals surface area contributed by atoms with Gasteiger partial charge in [0.1, 0.15) is 47.7 Å². The molecule has 3 fully saturated rings. The Balaban J connectivity index is 0.000000214. The summed E-state index contributed by atoms with van der Waals surface area (Å²) < 4.78 is 19.8. The zero-order chi connectivity index (χ0) is 41.2. The lowest BCUT2D eigenvalue weighted by atomic mass is 9.94. The average molecular weight is 936 g/mol. The molecule has 0 radical (unpaired) electrons. The van der Waals surface area contributed by atoms with Gasteiger partial charge in [-0.3, -0.25) is 9.13 Å². The second-order valence-electron chi connectivity index (χ2n) is 13.7. The quantitative estimate of drug-likeness (QED) is 0.0629. The van der Waals surface area contributed by atoms with Crippen LogP contribution in [0.2, 0.25) is 5.02 Å². The van der Waals surface area contributed by atoms with E-state index >= 15 is 0 Å². The normalized spacial score (nSPS) is 26.0. The molecule has 3 aliphatic rings. The molecule has 5 aromatic rings. The third kappa shape index (κ3) is 8.46. The van der Waals surface area contributed by atoms with E-state index in [2.05, 4.69) is 41.7 Å². The lowest BCUT2D eigenvalue weighted by Gasteiger charge is -2.30. The third-order valence-corrected chi connectivity index (χ3v) is 10.7. The number of aliphatic hydroxyl groups excluding tert-OH is 6. The first-order valence-corrected chi connectivity index (χ1v) is 19.4. The van der Waals surface area contributed by atoms with Gasteiger partial charge in [0.25, 0.3) is 0 Å². The molecule has 0 aliphatic carbocycles. The Labute approximate surface area is 347 Å². The van der Waals surface area contributed by atoms with E-state index in [0.717, 1.165) is 12.8 Å². The number of para-hydroxylation sites is 1. The maximum atomic E-state index is 12.5. The smallest absolute Gasteiger partial charge is 0.409 e. The molecule has 1 aromatic carbocycles. The minimum absolute atomic E-state index is 0.120. The number of piperidine rings is 1. The number of ether oxygens (including phenoxy) is 3. The van der Waals surface area contributed by atoms with E-state index in [1.54, 1.807) is 29.2 Å². The van der Waals surface area contributed by atoms with Gasteiger partial charge in [-0.15, -0.1) is 0 Å². The number of amides is 1. The maximum Gasteiger partial charge on any atom is 0.415 e. The van der Waals surface area contributed by atoms with Gasteiger partial charge in [-0.1, -0.05) is 29.7 Å². The second kappa shape index (κ2) is 17.7. The SMILES string of the molecule is Nc1nc(C#CCC2CCN(C(=O)Oc3ccccc3Cl)CC2)nc2c1ncn2[C@@H]1O[C@H](CO)C(O)[C@@H]1O.Nc1nc(I)nc2c1ncn2[C@@H]1O[C@H](CO)C(O)[C@@H]1O. The molecule has 0 spiro atoms. The van der Waals surface area contributed by atoms with Crippen LogP contribution in [0.25, 0.3) is 22.3 Å². The van der Waals surface area contributed by atoms with Crippen LogP contribution in [0.4, 0.5) is 16.4 Å². The summed E-state index contributed by atoms with van der Waals surface area (Å²) in [5.41, 5.74) is 13.2. The number of hydrogen-bond donors (Lipinski definition) is 8. The molecule has 1 amide bonds. The molecule has 2 unspecified atom stereocenters. The van der Waals surface area contributed by atoms with Gasteiger partial charge in [0.15, 0.2) is 45.0 Å². The second-order valence-corrected chi connectivity index (χ2v) is 15.0. The largest absolute Gasteiger partial charge is 0.415 e. The fraction of sp³-hybridized carbons (Fsp3) is 0.457. The molecule has 23 heteroatoms. The summed E-state index contributed by atoms with van der Waals surface area (Å²) in [4.78, 5) is 39.3. The number of likely N-dealkylation sites (tertiary alicyclic amines) is 1. The first-order valence-electron chi connectivity index (χ1n) is 18.0. The van der Waals surface area contributed by atoms with Crippen molar-refractivity contribution >= 4 is 74.2 Å². The van der Waals surface area contributed by atoms with Crippen molar-refractivity contribution in [3.05, 3.63) is 51.6 Å². The topological polar surface area (TPSA) is 309 Å². The van der Waals surface area contributed by atoms with Crippen LogP contribution in [-0.2, 0) is 9.47 Å². The molecule has 58 heavy (non-hydrogen) atoms. The number of nitrogens with zero attached hydrogens (tertiary/aromatic N) is 9. The van der Waals surface area contributed by atoms with E-state index < -0.39 is 68.4 Å². The Bertz CT molecular complexity index is 2330. The van der Waals surface area contributed by atoms with Crippen molar-refractivity contribution in [1.82, 2.24) is 43.9 Å². The molecule has 10 N–H and O–H groups in total. The highest BCUT2D eigenvalue weighted by molar-refractivity contribution is 14.1. The van der Waals surface area contributed by atoms with Crippen LogP contribution in [-0.4, -0.2) is 144 Å². The van der Waals surface area contributed by atoms with E-state index in [1.165, 1.54) is 21.8 Å². The van der Waals surface area contributed by atoms with E-state index in [1.807, 2.05) is 22.6 Å². The molecule has 308 valence electrons. The number of hydrogen-bond acceptors (Lipinski definition) is 18. The number of nitrogens with two attached hydrogens (primary N) is 2. The molecule has 3 aliphatic heterocycles. The molecule has 8 rings (SSSR count). The Kier molecular flexibility index (Phi) is 12.7. The molecule has 21 nitrogen and oxygen atoms in total. The summed E-state index contributed by atoms with van der Waals surface area (Å²) in [5, 5.41) is 59.1. The van der Waals surface area contributed by atoms with Crippen molar-refractivity contribution in [2.24, 2.45) is 5.92 Å². The number of benzene rings is 1. The van der Waals surface area contributed by atoms with Gasteiger partial charge in [-0.05, 0) is 36.8 Å². The van der Waals surface area contributed by atoms with Crippen molar-refractivity contribution in [2.75, 3.05) is 37.8 Å². The summed E-state index contributed by atoms with van der Waals surface area (Å²) in [6.45, 7) is 0.260. The van der Waals surface area contributed by atoms with Crippen LogP contribution in [0, 0.1) is 21.6 Å². The van der Waals surface area contributed by atoms with Crippen molar-refractivity contribution in [1.29, 1.82) is 0 Å². The van der Waals surface area contributed by atoms with Gasteiger partial charge in [0.05, 0.1) is 30.9 Å². The van der Waals surface area contributed by atoms with Crippen LogP contribution in [0.1, 0.15) is 37.5 Å². The monoisotopic (exact) mass is 935 g/mol. The molecule has 3 saturated heterocycles. The maximum absolute atomic E-state index is 12.5. The number of aliphatic hydroxyl groups is 6. The first-order chi connectivity index (χ1) is 27.9. The number of aromatic nitrogens is 8. The number of fused-ring (bicyclic) bond motifs is 2. The Morgan fingerprint density at radius 3 is 1.95 bits per heavy atom. The van der Waals surface area contributed by atoms with E-state index in [4.69, 9.17) is 42.4 Å². The van der Waals surface area contributed by atoms with Crippen molar-refractivity contribution in [3.63, 3.8) is 0 Å².